The summed E-state index contributed by atoms with van der Waals surface area (Å²) in [7, 11) is -3.73. The molecule has 4 aromatic rings. The fourth-order valence-electron chi connectivity index (χ4n) is 4.32. The number of aromatic nitrogens is 3. The predicted octanol–water partition coefficient (Wildman–Crippen LogP) is 3.78. The number of ether oxygens (including phenoxy) is 1. The van der Waals surface area contributed by atoms with Crippen molar-refractivity contribution in [3.8, 4) is 0 Å². The van der Waals surface area contributed by atoms with E-state index in [0.717, 1.165) is 0 Å². The fourth-order valence-corrected chi connectivity index (χ4v) is 6.93. The third-order valence-electron chi connectivity index (χ3n) is 6.05. The number of carbonyl (C=O) groups is 1. The second kappa shape index (κ2) is 10.3. The molecule has 2 atom stereocenters. The minimum Gasteiger partial charge on any atom is -0.373 e. The Morgan fingerprint density at radius 1 is 1.16 bits per heavy atom. The molecule has 0 saturated carbocycles. The number of halogens is 1. The van der Waals surface area contributed by atoms with Crippen LogP contribution in [0.4, 0.5) is 9.52 Å². The van der Waals surface area contributed by atoms with Crippen molar-refractivity contribution in [3.05, 3.63) is 72.3 Å². The molecule has 0 spiro atoms. The van der Waals surface area contributed by atoms with Gasteiger partial charge in [-0.1, -0.05) is 11.3 Å². The number of thiazole rings is 1. The first-order chi connectivity index (χ1) is 17.7. The molecule has 3 heterocycles. The van der Waals surface area contributed by atoms with Gasteiger partial charge in [-0.25, -0.2) is 17.8 Å². The molecular weight excluding hydrogens is 517 g/mol. The standard InChI is InChI=1S/C25H26FN5O4S2/c1-17-15-30(16-18(2)35-17)37(33,34)21-7-4-19(5-8-21)24(32)31(13-12-29-11-3-10-27-29)25-28-22-9-6-20(26)14-23(22)36-25/h3-11,14,17-18H,12-13,15-16H2,1-2H3. The van der Waals surface area contributed by atoms with E-state index < -0.39 is 10.0 Å². The predicted molar refractivity (Wildman–Crippen MR) is 139 cm³/mol. The normalized spacial score (nSPS) is 18.8. The Labute approximate surface area is 218 Å². The van der Waals surface area contributed by atoms with Crippen molar-refractivity contribution in [2.75, 3.05) is 24.5 Å². The van der Waals surface area contributed by atoms with Crippen LogP contribution >= 0.6 is 11.3 Å². The summed E-state index contributed by atoms with van der Waals surface area (Å²) in [6, 6.07) is 12.0. The highest BCUT2D eigenvalue weighted by Crippen LogP contribution is 2.31. The molecule has 0 aliphatic carbocycles. The van der Waals surface area contributed by atoms with Crippen molar-refractivity contribution in [2.24, 2.45) is 0 Å². The molecule has 1 saturated heterocycles. The molecule has 0 radical (unpaired) electrons. The molecule has 194 valence electrons. The Hall–Kier alpha value is -3.19. The molecule has 9 nitrogen and oxygen atoms in total. The zero-order chi connectivity index (χ0) is 26.2. The van der Waals surface area contributed by atoms with E-state index in [2.05, 4.69) is 10.1 Å². The highest BCUT2D eigenvalue weighted by Gasteiger charge is 2.32. The van der Waals surface area contributed by atoms with E-state index in [-0.39, 0.29) is 48.5 Å². The van der Waals surface area contributed by atoms with Crippen LogP contribution < -0.4 is 4.90 Å². The van der Waals surface area contributed by atoms with Gasteiger partial charge in [0.15, 0.2) is 5.13 Å². The monoisotopic (exact) mass is 543 g/mol. The van der Waals surface area contributed by atoms with Crippen LogP contribution in [0.3, 0.4) is 0 Å². The number of morpholine rings is 1. The van der Waals surface area contributed by atoms with Crippen LogP contribution in [0, 0.1) is 5.82 Å². The summed E-state index contributed by atoms with van der Waals surface area (Å²) in [5.74, 6) is -0.720. The molecule has 2 aromatic heterocycles. The summed E-state index contributed by atoms with van der Waals surface area (Å²) < 4.78 is 49.5. The van der Waals surface area contributed by atoms with Gasteiger partial charge < -0.3 is 4.74 Å². The zero-order valence-electron chi connectivity index (χ0n) is 20.3. The van der Waals surface area contributed by atoms with Gasteiger partial charge in [-0.05, 0) is 62.4 Å². The third kappa shape index (κ3) is 5.42. The van der Waals surface area contributed by atoms with E-state index in [9.17, 15) is 17.6 Å². The Kier molecular flexibility index (Phi) is 7.08. The van der Waals surface area contributed by atoms with Crippen molar-refractivity contribution in [2.45, 2.75) is 37.5 Å². The van der Waals surface area contributed by atoms with Crippen molar-refractivity contribution in [3.63, 3.8) is 0 Å². The number of hydrogen-bond donors (Lipinski definition) is 0. The number of anilines is 1. The topological polar surface area (TPSA) is 97.6 Å². The zero-order valence-corrected chi connectivity index (χ0v) is 22.0. The molecule has 0 bridgehead atoms. The van der Waals surface area contributed by atoms with Crippen LogP contribution in [-0.2, 0) is 21.3 Å². The Morgan fingerprint density at radius 2 is 1.89 bits per heavy atom. The summed E-state index contributed by atoms with van der Waals surface area (Å²) in [4.78, 5) is 19.8. The Balaban J connectivity index is 1.42. The molecule has 1 amide bonds. The third-order valence-corrected chi connectivity index (χ3v) is 8.94. The minimum absolute atomic E-state index is 0.115. The van der Waals surface area contributed by atoms with Gasteiger partial charge in [0.05, 0.1) is 33.9 Å². The van der Waals surface area contributed by atoms with E-state index in [1.165, 1.54) is 56.9 Å². The average Bonchev–Trinajstić information content (AvgIpc) is 3.53. The van der Waals surface area contributed by atoms with Gasteiger partial charge in [0.2, 0.25) is 10.0 Å². The first-order valence-electron chi connectivity index (χ1n) is 11.8. The average molecular weight is 544 g/mol. The second-order valence-corrected chi connectivity index (χ2v) is 11.9. The number of carbonyl (C=O) groups excluding carboxylic acids is 1. The van der Waals surface area contributed by atoms with Crippen LogP contribution in [0.1, 0.15) is 24.2 Å². The minimum atomic E-state index is -3.73. The summed E-state index contributed by atoms with van der Waals surface area (Å²) >= 11 is 1.22. The lowest BCUT2D eigenvalue weighted by Gasteiger charge is -2.34. The quantitative estimate of drug-likeness (QED) is 0.352. The largest absolute Gasteiger partial charge is 0.373 e. The molecule has 1 aliphatic heterocycles. The maximum absolute atomic E-state index is 13.7. The van der Waals surface area contributed by atoms with E-state index in [4.69, 9.17) is 4.74 Å². The Bertz CT molecular complexity index is 1500. The molecule has 37 heavy (non-hydrogen) atoms. The molecule has 0 N–H and O–H groups in total. The van der Waals surface area contributed by atoms with Crippen LogP contribution in [0.2, 0.25) is 0 Å². The van der Waals surface area contributed by atoms with Gasteiger partial charge >= 0.3 is 0 Å². The van der Waals surface area contributed by atoms with Gasteiger partial charge in [-0.3, -0.25) is 14.4 Å². The number of nitrogens with zero attached hydrogens (tertiary/aromatic N) is 5. The number of fused-ring (bicyclic) bond motifs is 1. The lowest BCUT2D eigenvalue weighted by molar-refractivity contribution is -0.0440. The van der Waals surface area contributed by atoms with Crippen molar-refractivity contribution >= 4 is 42.6 Å². The summed E-state index contributed by atoms with van der Waals surface area (Å²) in [6.45, 7) is 4.91. The molecule has 1 aliphatic rings. The molecule has 5 rings (SSSR count). The van der Waals surface area contributed by atoms with Crippen molar-refractivity contribution in [1.29, 1.82) is 0 Å². The van der Waals surface area contributed by atoms with E-state index >= 15 is 0 Å². The SMILES string of the molecule is CC1CN(S(=O)(=O)c2ccc(C(=O)N(CCn3cccn3)c3nc4ccc(F)cc4s3)cc2)CC(C)O1. The number of sulfonamides is 1. The van der Waals surface area contributed by atoms with Gasteiger partial charge in [0.1, 0.15) is 5.82 Å². The fraction of sp³-hybridized carbons (Fsp3) is 0.320. The highest BCUT2D eigenvalue weighted by atomic mass is 32.2. The van der Waals surface area contributed by atoms with Crippen LogP contribution in [0.25, 0.3) is 10.2 Å². The maximum Gasteiger partial charge on any atom is 0.260 e. The van der Waals surface area contributed by atoms with Crippen molar-refractivity contribution < 1.29 is 22.3 Å². The molecular formula is C25H26FN5O4S2. The van der Waals surface area contributed by atoms with Gasteiger partial charge in [0, 0.05) is 37.6 Å². The number of amides is 1. The highest BCUT2D eigenvalue weighted by molar-refractivity contribution is 7.89. The molecule has 2 aromatic carbocycles. The van der Waals surface area contributed by atoms with E-state index in [0.29, 0.717) is 27.5 Å². The van der Waals surface area contributed by atoms with E-state index in [1.807, 2.05) is 13.8 Å². The van der Waals surface area contributed by atoms with Crippen LogP contribution in [0.15, 0.2) is 65.8 Å². The summed E-state index contributed by atoms with van der Waals surface area (Å²) in [5.41, 5.74) is 0.905. The van der Waals surface area contributed by atoms with Crippen LogP contribution in [0.5, 0.6) is 0 Å². The first-order valence-corrected chi connectivity index (χ1v) is 14.1. The summed E-state index contributed by atoms with van der Waals surface area (Å²) in [6.07, 6.45) is 3.04. The second-order valence-electron chi connectivity index (χ2n) is 8.94. The van der Waals surface area contributed by atoms with Gasteiger partial charge in [-0.15, -0.1) is 0 Å². The maximum atomic E-state index is 13.7. The molecule has 2 unspecified atom stereocenters. The van der Waals surface area contributed by atoms with Gasteiger partial charge in [-0.2, -0.15) is 9.40 Å². The molecule has 12 heteroatoms. The number of rotatable bonds is 7. The Morgan fingerprint density at radius 3 is 2.57 bits per heavy atom. The lowest BCUT2D eigenvalue weighted by Crippen LogP contribution is -2.48. The van der Waals surface area contributed by atoms with E-state index in [1.54, 1.807) is 29.2 Å². The number of hydrogen-bond acceptors (Lipinski definition) is 7. The molecule has 1 fully saturated rings. The first kappa shape index (κ1) is 25.5. The van der Waals surface area contributed by atoms with Crippen LogP contribution in [-0.4, -0.2) is 65.2 Å². The number of benzene rings is 2. The van der Waals surface area contributed by atoms with Crippen molar-refractivity contribution in [1.82, 2.24) is 19.1 Å². The smallest absolute Gasteiger partial charge is 0.260 e. The lowest BCUT2D eigenvalue weighted by atomic mass is 10.2. The summed E-state index contributed by atoms with van der Waals surface area (Å²) in [5, 5.41) is 4.62. The van der Waals surface area contributed by atoms with Gasteiger partial charge in [0.25, 0.3) is 5.91 Å².